The second kappa shape index (κ2) is 5.96. The van der Waals surface area contributed by atoms with Gasteiger partial charge in [-0.2, -0.15) is 0 Å². The van der Waals surface area contributed by atoms with Crippen molar-refractivity contribution in [2.24, 2.45) is 0 Å². The molecule has 24 heavy (non-hydrogen) atoms. The lowest BCUT2D eigenvalue weighted by molar-refractivity contribution is -0.110. The van der Waals surface area contributed by atoms with Crippen LogP contribution in [0.3, 0.4) is 0 Å². The summed E-state index contributed by atoms with van der Waals surface area (Å²) in [6.07, 6.45) is 1.66. The van der Waals surface area contributed by atoms with E-state index in [0.29, 0.717) is 34.6 Å². The van der Waals surface area contributed by atoms with Crippen molar-refractivity contribution in [2.75, 3.05) is 11.9 Å². The number of carbonyl (C=O) groups is 2. The van der Waals surface area contributed by atoms with Gasteiger partial charge in [-0.05, 0) is 50.6 Å². The molecule has 0 unspecified atom stereocenters. The lowest BCUT2D eigenvalue weighted by atomic mass is 10.0. The van der Waals surface area contributed by atoms with E-state index in [2.05, 4.69) is 15.6 Å². The van der Waals surface area contributed by atoms with Crippen molar-refractivity contribution >= 4 is 29.2 Å². The Labute approximate surface area is 139 Å². The van der Waals surface area contributed by atoms with Crippen LogP contribution in [0.1, 0.15) is 39.8 Å². The van der Waals surface area contributed by atoms with Gasteiger partial charge in [0.1, 0.15) is 5.82 Å². The number of halogens is 1. The Morgan fingerprint density at radius 3 is 2.79 bits per heavy atom. The van der Waals surface area contributed by atoms with Gasteiger partial charge in [0.2, 0.25) is 0 Å². The fourth-order valence-electron chi connectivity index (χ4n) is 2.96. The van der Waals surface area contributed by atoms with Crippen LogP contribution in [0.4, 0.5) is 10.1 Å². The fraction of sp³-hybridized carbons (Fsp3) is 0.222. The minimum atomic E-state index is -0.404. The first-order valence-electron chi connectivity index (χ1n) is 7.72. The number of carbonyl (C=O) groups excluding carboxylic acids is 2. The number of amides is 2. The molecule has 0 aliphatic carbocycles. The zero-order valence-corrected chi connectivity index (χ0v) is 13.7. The van der Waals surface area contributed by atoms with Crippen LogP contribution >= 0.6 is 0 Å². The molecule has 6 heteroatoms. The molecule has 2 amide bonds. The summed E-state index contributed by atoms with van der Waals surface area (Å²) in [6.45, 7) is 6.02. The zero-order valence-electron chi connectivity index (χ0n) is 13.7. The molecule has 0 bridgehead atoms. The Morgan fingerprint density at radius 1 is 1.33 bits per heavy atom. The Hall–Kier alpha value is -2.89. The minimum Gasteiger partial charge on any atom is -0.358 e. The van der Waals surface area contributed by atoms with E-state index < -0.39 is 5.82 Å². The molecule has 3 rings (SSSR count). The average molecular weight is 327 g/mol. The van der Waals surface area contributed by atoms with Crippen molar-refractivity contribution in [1.82, 2.24) is 10.3 Å². The summed E-state index contributed by atoms with van der Waals surface area (Å²) in [6, 6.07) is 4.17. The summed E-state index contributed by atoms with van der Waals surface area (Å²) >= 11 is 0. The largest absolute Gasteiger partial charge is 0.358 e. The zero-order chi connectivity index (χ0) is 17.4. The van der Waals surface area contributed by atoms with Crippen LogP contribution in [0.25, 0.3) is 11.6 Å². The molecule has 0 fully saturated rings. The van der Waals surface area contributed by atoms with Crippen molar-refractivity contribution in [1.29, 1.82) is 0 Å². The van der Waals surface area contributed by atoms with E-state index in [1.807, 2.05) is 20.8 Å². The maximum Gasteiger partial charge on any atom is 0.256 e. The molecule has 0 radical (unpaired) electrons. The van der Waals surface area contributed by atoms with E-state index in [0.717, 1.165) is 11.3 Å². The predicted molar refractivity (Wildman–Crippen MR) is 91.2 cm³/mol. The van der Waals surface area contributed by atoms with Crippen molar-refractivity contribution in [3.8, 4) is 0 Å². The highest BCUT2D eigenvalue weighted by atomic mass is 19.1. The number of aromatic amines is 1. The van der Waals surface area contributed by atoms with Crippen LogP contribution in [-0.4, -0.2) is 23.3 Å². The Bertz CT molecular complexity index is 881. The maximum atomic E-state index is 13.5. The number of fused-ring (bicyclic) bond motifs is 1. The standard InChI is InChI=1S/C18H18FN3O2/c1-4-20-18(24)16-9(2)15(21-10(16)3)8-13-12-7-11(19)5-6-14(12)22-17(13)23/h5-8,21H,4H2,1-3H3,(H,20,24)(H,22,23)/b13-8-. The summed E-state index contributed by atoms with van der Waals surface area (Å²) in [5.74, 6) is -0.851. The highest BCUT2D eigenvalue weighted by molar-refractivity contribution is 6.34. The van der Waals surface area contributed by atoms with Gasteiger partial charge in [0.25, 0.3) is 11.8 Å². The summed E-state index contributed by atoms with van der Waals surface area (Å²) in [4.78, 5) is 27.5. The highest BCUT2D eigenvalue weighted by Gasteiger charge is 2.26. The number of hydrogen-bond acceptors (Lipinski definition) is 2. The van der Waals surface area contributed by atoms with Crippen LogP contribution in [0.5, 0.6) is 0 Å². The third-order valence-electron chi connectivity index (χ3n) is 4.09. The SMILES string of the molecule is CCNC(=O)c1c(C)[nH]c(/C=C2\C(=O)Nc3ccc(F)cc32)c1C. The second-order valence-corrected chi connectivity index (χ2v) is 5.73. The first-order valence-corrected chi connectivity index (χ1v) is 7.72. The number of aryl methyl sites for hydroxylation is 1. The summed E-state index contributed by atoms with van der Waals surface area (Å²) in [7, 11) is 0. The van der Waals surface area contributed by atoms with Gasteiger partial charge in [-0.3, -0.25) is 9.59 Å². The number of aromatic nitrogens is 1. The highest BCUT2D eigenvalue weighted by Crippen LogP contribution is 2.34. The smallest absolute Gasteiger partial charge is 0.256 e. The van der Waals surface area contributed by atoms with Gasteiger partial charge < -0.3 is 15.6 Å². The minimum absolute atomic E-state index is 0.157. The Balaban J connectivity index is 2.08. The molecule has 0 spiro atoms. The molecule has 2 aromatic rings. The van der Waals surface area contributed by atoms with Gasteiger partial charge in [-0.15, -0.1) is 0 Å². The third kappa shape index (κ3) is 2.60. The molecule has 0 atom stereocenters. The molecule has 0 saturated heterocycles. The van der Waals surface area contributed by atoms with Gasteiger partial charge in [0.15, 0.2) is 0 Å². The molecular weight excluding hydrogens is 309 g/mol. The maximum absolute atomic E-state index is 13.5. The number of benzene rings is 1. The van der Waals surface area contributed by atoms with Crippen molar-refractivity contribution in [3.05, 3.63) is 52.1 Å². The van der Waals surface area contributed by atoms with Gasteiger partial charge >= 0.3 is 0 Å². The van der Waals surface area contributed by atoms with Crippen LogP contribution in [0.15, 0.2) is 18.2 Å². The molecule has 5 nitrogen and oxygen atoms in total. The van der Waals surface area contributed by atoms with E-state index in [1.165, 1.54) is 18.2 Å². The molecule has 2 heterocycles. The van der Waals surface area contributed by atoms with Crippen LogP contribution in [0.2, 0.25) is 0 Å². The van der Waals surface area contributed by atoms with Gasteiger partial charge in [-0.25, -0.2) is 4.39 Å². The number of nitrogens with one attached hydrogen (secondary N) is 3. The molecule has 1 aromatic heterocycles. The van der Waals surface area contributed by atoms with E-state index in [4.69, 9.17) is 0 Å². The normalized spacial score (nSPS) is 14.7. The van der Waals surface area contributed by atoms with E-state index in [-0.39, 0.29) is 11.8 Å². The van der Waals surface area contributed by atoms with Crippen LogP contribution < -0.4 is 10.6 Å². The molecule has 1 aromatic carbocycles. The van der Waals surface area contributed by atoms with Crippen LogP contribution in [-0.2, 0) is 4.79 Å². The van der Waals surface area contributed by atoms with E-state index in [1.54, 1.807) is 6.08 Å². The quantitative estimate of drug-likeness (QED) is 0.758. The van der Waals surface area contributed by atoms with Crippen molar-refractivity contribution < 1.29 is 14.0 Å². The van der Waals surface area contributed by atoms with E-state index in [9.17, 15) is 14.0 Å². The molecule has 1 aliphatic heterocycles. The second-order valence-electron chi connectivity index (χ2n) is 5.73. The Kier molecular flexibility index (Phi) is 3.97. The molecule has 1 aliphatic rings. The fourth-order valence-corrected chi connectivity index (χ4v) is 2.96. The van der Waals surface area contributed by atoms with Gasteiger partial charge in [0, 0.05) is 29.2 Å². The number of rotatable bonds is 3. The number of anilines is 1. The molecule has 0 saturated carbocycles. The number of hydrogen-bond donors (Lipinski definition) is 3. The lowest BCUT2D eigenvalue weighted by Crippen LogP contribution is -2.23. The first-order chi connectivity index (χ1) is 11.4. The third-order valence-corrected chi connectivity index (χ3v) is 4.09. The number of H-pyrrole nitrogens is 1. The molecule has 124 valence electrons. The van der Waals surface area contributed by atoms with Crippen molar-refractivity contribution in [3.63, 3.8) is 0 Å². The van der Waals surface area contributed by atoms with Gasteiger partial charge in [-0.1, -0.05) is 0 Å². The van der Waals surface area contributed by atoms with Crippen LogP contribution in [0, 0.1) is 19.7 Å². The average Bonchev–Trinajstić information content (AvgIpc) is 2.97. The molecular formula is C18H18FN3O2. The van der Waals surface area contributed by atoms with E-state index >= 15 is 0 Å². The topological polar surface area (TPSA) is 74.0 Å². The summed E-state index contributed by atoms with van der Waals surface area (Å²) in [5, 5.41) is 5.49. The van der Waals surface area contributed by atoms with Crippen molar-refractivity contribution in [2.45, 2.75) is 20.8 Å². The lowest BCUT2D eigenvalue weighted by Gasteiger charge is -2.02. The van der Waals surface area contributed by atoms with Gasteiger partial charge in [0.05, 0.1) is 11.1 Å². The first kappa shape index (κ1) is 16.0. The molecule has 3 N–H and O–H groups in total. The predicted octanol–water partition coefficient (Wildman–Crippen LogP) is 3.01. The monoisotopic (exact) mass is 327 g/mol. The summed E-state index contributed by atoms with van der Waals surface area (Å²) < 4.78 is 13.5. The summed E-state index contributed by atoms with van der Waals surface area (Å²) in [5.41, 5.74) is 4.18. The Morgan fingerprint density at radius 2 is 2.08 bits per heavy atom.